The van der Waals surface area contributed by atoms with Crippen LogP contribution in [0.5, 0.6) is 5.75 Å². The molecule has 1 aromatic rings. The van der Waals surface area contributed by atoms with Crippen molar-refractivity contribution in [2.24, 2.45) is 0 Å². The highest BCUT2D eigenvalue weighted by atomic mass is 19.1. The van der Waals surface area contributed by atoms with Gasteiger partial charge in [-0.3, -0.25) is 0 Å². The molecule has 0 spiro atoms. The van der Waals surface area contributed by atoms with Crippen LogP contribution < -0.4 is 10.1 Å². The van der Waals surface area contributed by atoms with Gasteiger partial charge in [0.25, 0.3) is 0 Å². The number of esters is 1. The molecule has 1 aromatic carbocycles. The summed E-state index contributed by atoms with van der Waals surface area (Å²) in [5.74, 6) is -0.854. The van der Waals surface area contributed by atoms with Crippen LogP contribution in [0.1, 0.15) is 50.5 Å². The van der Waals surface area contributed by atoms with Gasteiger partial charge in [-0.15, -0.1) is 0 Å². The van der Waals surface area contributed by atoms with Crippen molar-refractivity contribution in [3.8, 4) is 5.75 Å². The van der Waals surface area contributed by atoms with E-state index in [0.717, 1.165) is 6.07 Å². The second-order valence-corrected chi connectivity index (χ2v) is 6.96. The molecule has 1 unspecified atom stereocenters. The summed E-state index contributed by atoms with van der Waals surface area (Å²) in [6, 6.07) is 2.05. The van der Waals surface area contributed by atoms with E-state index in [0.29, 0.717) is 17.7 Å². The summed E-state index contributed by atoms with van der Waals surface area (Å²) in [6.07, 6.45) is -0.620. The van der Waals surface area contributed by atoms with Gasteiger partial charge in [-0.05, 0) is 46.8 Å². The number of carbonyl (C=O) groups excluding carboxylic acids is 2. The highest BCUT2D eigenvalue weighted by molar-refractivity contribution is 5.93. The number of halogens is 1. The Morgan fingerprint density at radius 2 is 2.08 bits per heavy atom. The molecule has 1 N–H and O–H groups in total. The minimum atomic E-state index is -0.633. The zero-order valence-corrected chi connectivity index (χ0v) is 15.1. The molecule has 1 aliphatic heterocycles. The monoisotopic (exact) mass is 353 g/mol. The Labute approximate surface area is 146 Å². The van der Waals surface area contributed by atoms with E-state index in [1.54, 1.807) is 34.6 Å². The van der Waals surface area contributed by atoms with Gasteiger partial charge in [0.05, 0.1) is 12.6 Å². The maximum atomic E-state index is 13.8. The third-order valence-electron chi connectivity index (χ3n) is 3.62. The Bertz CT molecular complexity index is 668. The Hall–Kier alpha value is -2.31. The van der Waals surface area contributed by atoms with E-state index in [-0.39, 0.29) is 18.2 Å². The highest BCUT2D eigenvalue weighted by Crippen LogP contribution is 2.35. The molecule has 1 heterocycles. The van der Waals surface area contributed by atoms with Gasteiger partial charge in [0.2, 0.25) is 0 Å². The number of rotatable bonds is 4. The quantitative estimate of drug-likeness (QED) is 0.842. The first-order valence-corrected chi connectivity index (χ1v) is 8.26. The molecular weight excluding hydrogens is 329 g/mol. The fourth-order valence-electron chi connectivity index (χ4n) is 2.58. The van der Waals surface area contributed by atoms with Crippen molar-refractivity contribution < 1.29 is 28.2 Å². The normalized spacial score (nSPS) is 17.3. The van der Waals surface area contributed by atoms with Gasteiger partial charge >= 0.3 is 12.1 Å². The van der Waals surface area contributed by atoms with Crippen LogP contribution in [-0.2, 0) is 15.9 Å². The molecule has 138 valence electrons. The van der Waals surface area contributed by atoms with Crippen LogP contribution in [0.25, 0.3) is 0 Å². The standard InChI is InChI=1S/C18H24FNO5/c1-6-23-16(21)13-9-12(19)7-11-8-14(24-15(11)13)10(2)20-17(22)25-18(3,4)5/h7,9-10,14H,6,8H2,1-5H3,(H,20,22)/t10-,14?/m1/s1. The van der Waals surface area contributed by atoms with E-state index < -0.39 is 29.6 Å². The van der Waals surface area contributed by atoms with Gasteiger partial charge in [-0.25, -0.2) is 14.0 Å². The van der Waals surface area contributed by atoms with E-state index in [1.807, 2.05) is 0 Å². The third kappa shape index (κ3) is 4.84. The predicted molar refractivity (Wildman–Crippen MR) is 89.3 cm³/mol. The van der Waals surface area contributed by atoms with E-state index in [2.05, 4.69) is 5.32 Å². The van der Waals surface area contributed by atoms with Gasteiger partial charge in [-0.1, -0.05) is 0 Å². The zero-order valence-electron chi connectivity index (χ0n) is 15.1. The average Bonchev–Trinajstić information content (AvgIpc) is 2.88. The van der Waals surface area contributed by atoms with Crippen molar-refractivity contribution in [1.82, 2.24) is 5.32 Å². The maximum absolute atomic E-state index is 13.8. The molecule has 0 radical (unpaired) electrons. The van der Waals surface area contributed by atoms with Gasteiger partial charge in [-0.2, -0.15) is 0 Å². The minimum absolute atomic E-state index is 0.0591. The molecule has 0 saturated carbocycles. The third-order valence-corrected chi connectivity index (χ3v) is 3.62. The summed E-state index contributed by atoms with van der Waals surface area (Å²) < 4.78 is 29.8. The number of alkyl carbamates (subject to hydrolysis) is 1. The molecule has 7 heteroatoms. The zero-order chi connectivity index (χ0) is 18.8. The number of amides is 1. The minimum Gasteiger partial charge on any atom is -0.487 e. The molecule has 2 atom stereocenters. The molecule has 1 aliphatic rings. The summed E-state index contributed by atoms with van der Waals surface area (Å²) in [4.78, 5) is 23.9. The van der Waals surface area contributed by atoms with Crippen LogP contribution in [-0.4, -0.2) is 36.4 Å². The van der Waals surface area contributed by atoms with E-state index in [1.165, 1.54) is 6.07 Å². The lowest BCUT2D eigenvalue weighted by atomic mass is 10.0. The van der Waals surface area contributed by atoms with Crippen LogP contribution >= 0.6 is 0 Å². The van der Waals surface area contributed by atoms with Crippen molar-refractivity contribution in [3.63, 3.8) is 0 Å². The highest BCUT2D eigenvalue weighted by Gasteiger charge is 2.33. The van der Waals surface area contributed by atoms with E-state index >= 15 is 0 Å². The lowest BCUT2D eigenvalue weighted by Crippen LogP contribution is -2.45. The number of hydrogen-bond acceptors (Lipinski definition) is 5. The molecule has 2 rings (SSSR count). The molecule has 0 fully saturated rings. The first kappa shape index (κ1) is 19.0. The van der Waals surface area contributed by atoms with Gasteiger partial charge in [0, 0.05) is 12.0 Å². The number of carbonyl (C=O) groups is 2. The van der Waals surface area contributed by atoms with E-state index in [4.69, 9.17) is 14.2 Å². The number of benzene rings is 1. The van der Waals surface area contributed by atoms with Gasteiger partial charge in [0.1, 0.15) is 28.8 Å². The topological polar surface area (TPSA) is 73.9 Å². The lowest BCUT2D eigenvalue weighted by Gasteiger charge is -2.24. The number of fused-ring (bicyclic) bond motifs is 1. The first-order chi connectivity index (χ1) is 11.6. The number of nitrogens with one attached hydrogen (secondary N) is 1. The number of ether oxygens (including phenoxy) is 3. The Morgan fingerprint density at radius 1 is 1.40 bits per heavy atom. The second-order valence-electron chi connectivity index (χ2n) is 6.96. The second kappa shape index (κ2) is 7.29. The molecule has 6 nitrogen and oxygen atoms in total. The molecule has 0 aliphatic carbocycles. The van der Waals surface area contributed by atoms with Crippen molar-refractivity contribution in [3.05, 3.63) is 29.1 Å². The summed E-state index contributed by atoms with van der Waals surface area (Å²) in [7, 11) is 0. The van der Waals surface area contributed by atoms with Gasteiger partial charge in [0.15, 0.2) is 0 Å². The Morgan fingerprint density at radius 3 is 2.68 bits per heavy atom. The number of hydrogen-bond donors (Lipinski definition) is 1. The summed E-state index contributed by atoms with van der Waals surface area (Å²) in [6.45, 7) is 8.94. The van der Waals surface area contributed by atoms with Crippen molar-refractivity contribution in [2.75, 3.05) is 6.61 Å². The van der Waals surface area contributed by atoms with Crippen LogP contribution in [0, 0.1) is 5.82 Å². The molecule has 25 heavy (non-hydrogen) atoms. The van der Waals surface area contributed by atoms with Crippen molar-refractivity contribution in [1.29, 1.82) is 0 Å². The summed E-state index contributed by atoms with van der Waals surface area (Å²) >= 11 is 0. The largest absolute Gasteiger partial charge is 0.487 e. The maximum Gasteiger partial charge on any atom is 0.407 e. The summed E-state index contributed by atoms with van der Waals surface area (Å²) in [5, 5.41) is 2.71. The first-order valence-electron chi connectivity index (χ1n) is 8.26. The van der Waals surface area contributed by atoms with Crippen LogP contribution in [0.4, 0.5) is 9.18 Å². The summed E-state index contributed by atoms with van der Waals surface area (Å²) in [5.41, 5.74) is 0.0264. The van der Waals surface area contributed by atoms with Crippen LogP contribution in [0.15, 0.2) is 12.1 Å². The Balaban J connectivity index is 2.11. The molecule has 0 bridgehead atoms. The van der Waals surface area contributed by atoms with E-state index in [9.17, 15) is 14.0 Å². The van der Waals surface area contributed by atoms with Crippen molar-refractivity contribution in [2.45, 2.75) is 58.8 Å². The average molecular weight is 353 g/mol. The molecule has 1 amide bonds. The molecular formula is C18H24FNO5. The van der Waals surface area contributed by atoms with Gasteiger partial charge < -0.3 is 19.5 Å². The fourth-order valence-corrected chi connectivity index (χ4v) is 2.58. The van der Waals surface area contributed by atoms with Crippen LogP contribution in [0.2, 0.25) is 0 Å². The smallest absolute Gasteiger partial charge is 0.407 e. The predicted octanol–water partition coefficient (Wildman–Crippen LogP) is 3.22. The Kier molecular flexibility index (Phi) is 5.55. The van der Waals surface area contributed by atoms with Crippen LogP contribution in [0.3, 0.4) is 0 Å². The SMILES string of the molecule is CCOC(=O)c1cc(F)cc2c1OC([C@@H](C)NC(=O)OC(C)(C)C)C2. The van der Waals surface area contributed by atoms with Crippen molar-refractivity contribution >= 4 is 12.1 Å². The fraction of sp³-hybridized carbons (Fsp3) is 0.556. The molecule has 0 saturated heterocycles. The molecule has 0 aromatic heterocycles. The lowest BCUT2D eigenvalue weighted by molar-refractivity contribution is 0.0454.